The maximum atomic E-state index is 12.3. The van der Waals surface area contributed by atoms with Gasteiger partial charge < -0.3 is 14.4 Å². The van der Waals surface area contributed by atoms with Gasteiger partial charge in [0, 0.05) is 13.2 Å². The van der Waals surface area contributed by atoms with Crippen molar-refractivity contribution in [2.75, 3.05) is 11.8 Å². The van der Waals surface area contributed by atoms with Crippen molar-refractivity contribution in [2.24, 2.45) is 7.05 Å². The Bertz CT molecular complexity index is 780. The van der Waals surface area contributed by atoms with E-state index in [0.29, 0.717) is 5.75 Å². The van der Waals surface area contributed by atoms with E-state index in [4.69, 9.17) is 9.84 Å². The molecule has 0 saturated carbocycles. The van der Waals surface area contributed by atoms with Gasteiger partial charge in [0.25, 0.3) is 10.0 Å². The summed E-state index contributed by atoms with van der Waals surface area (Å²) in [6, 6.07) is 7.64. The molecule has 1 aromatic heterocycles. The van der Waals surface area contributed by atoms with Crippen molar-refractivity contribution < 1.29 is 23.1 Å². The first-order valence-electron chi connectivity index (χ1n) is 5.90. The lowest BCUT2D eigenvalue weighted by Crippen LogP contribution is -2.13. The van der Waals surface area contributed by atoms with Gasteiger partial charge in [0.05, 0.1) is 12.8 Å². The fraction of sp³-hybridized carbons (Fsp3) is 0.154. The molecule has 7 nitrogen and oxygen atoms in total. The van der Waals surface area contributed by atoms with Gasteiger partial charge in [0.15, 0.2) is 0 Å². The van der Waals surface area contributed by atoms with Gasteiger partial charge in [-0.15, -0.1) is 0 Å². The molecule has 21 heavy (non-hydrogen) atoms. The number of rotatable bonds is 5. The van der Waals surface area contributed by atoms with Crippen LogP contribution in [0.4, 0.5) is 5.69 Å². The minimum absolute atomic E-state index is 0.115. The van der Waals surface area contributed by atoms with E-state index in [1.54, 1.807) is 24.3 Å². The minimum atomic E-state index is -3.90. The van der Waals surface area contributed by atoms with Crippen molar-refractivity contribution in [2.45, 2.75) is 4.90 Å². The second-order valence-electron chi connectivity index (χ2n) is 4.28. The summed E-state index contributed by atoms with van der Waals surface area (Å²) in [5.74, 6) is -0.827. The monoisotopic (exact) mass is 310 g/mol. The zero-order valence-corrected chi connectivity index (χ0v) is 12.2. The number of carbonyl (C=O) groups is 1. The molecule has 0 aliphatic rings. The van der Waals surface area contributed by atoms with Crippen molar-refractivity contribution >= 4 is 21.7 Å². The van der Waals surface area contributed by atoms with Gasteiger partial charge >= 0.3 is 5.97 Å². The number of benzene rings is 1. The molecule has 1 heterocycles. The van der Waals surface area contributed by atoms with E-state index in [2.05, 4.69) is 4.72 Å². The van der Waals surface area contributed by atoms with Crippen LogP contribution in [0.1, 0.15) is 10.5 Å². The second-order valence-corrected chi connectivity index (χ2v) is 5.97. The zero-order valence-electron chi connectivity index (χ0n) is 11.4. The van der Waals surface area contributed by atoms with Crippen LogP contribution in [0, 0.1) is 0 Å². The zero-order chi connectivity index (χ0) is 15.6. The third-order valence-electron chi connectivity index (χ3n) is 2.86. The predicted molar refractivity (Wildman–Crippen MR) is 76.2 cm³/mol. The lowest BCUT2D eigenvalue weighted by Gasteiger charge is -2.10. The largest absolute Gasteiger partial charge is 0.495 e. The summed E-state index contributed by atoms with van der Waals surface area (Å²) in [6.07, 6.45) is 1.24. The number of para-hydroxylation sites is 2. The standard InChI is InChI=1S/C13H14N2O5S/c1-15-8-9(7-11(15)13(16)17)21(18,19)14-10-5-3-4-6-12(10)20-2/h3-8,14H,1-2H3,(H,16,17). The fourth-order valence-electron chi connectivity index (χ4n) is 1.83. The Morgan fingerprint density at radius 3 is 2.57 bits per heavy atom. The SMILES string of the molecule is COc1ccccc1NS(=O)(=O)c1cc(C(=O)O)n(C)c1. The molecule has 0 saturated heterocycles. The molecule has 2 aromatic rings. The number of nitrogens with zero attached hydrogens (tertiary/aromatic N) is 1. The minimum Gasteiger partial charge on any atom is -0.495 e. The van der Waals surface area contributed by atoms with E-state index in [1.165, 1.54) is 24.9 Å². The Hall–Kier alpha value is -2.48. The number of ether oxygens (including phenoxy) is 1. The van der Waals surface area contributed by atoms with Crippen LogP contribution in [0.15, 0.2) is 41.4 Å². The number of carboxylic acid groups (broad SMARTS) is 1. The van der Waals surface area contributed by atoms with Crippen LogP contribution in [0.3, 0.4) is 0 Å². The molecule has 0 aliphatic heterocycles. The van der Waals surface area contributed by atoms with Gasteiger partial charge in [0.2, 0.25) is 0 Å². The lowest BCUT2D eigenvalue weighted by molar-refractivity contribution is 0.0686. The van der Waals surface area contributed by atoms with Crippen molar-refractivity contribution in [3.05, 3.63) is 42.2 Å². The van der Waals surface area contributed by atoms with E-state index in [9.17, 15) is 13.2 Å². The summed E-state index contributed by atoms with van der Waals surface area (Å²) in [5.41, 5.74) is 0.163. The normalized spacial score (nSPS) is 11.1. The molecule has 0 radical (unpaired) electrons. The maximum Gasteiger partial charge on any atom is 0.352 e. The third kappa shape index (κ3) is 3.00. The van der Waals surface area contributed by atoms with Crippen molar-refractivity contribution in [3.63, 3.8) is 0 Å². The van der Waals surface area contributed by atoms with Crippen LogP contribution >= 0.6 is 0 Å². The average molecular weight is 310 g/mol. The van der Waals surface area contributed by atoms with Crippen LogP contribution in [0.25, 0.3) is 0 Å². The summed E-state index contributed by atoms with van der Waals surface area (Å²) >= 11 is 0. The molecule has 112 valence electrons. The fourth-order valence-corrected chi connectivity index (χ4v) is 2.97. The Morgan fingerprint density at radius 1 is 1.33 bits per heavy atom. The van der Waals surface area contributed by atoms with Gasteiger partial charge in [-0.1, -0.05) is 12.1 Å². The molecule has 0 unspecified atom stereocenters. The van der Waals surface area contributed by atoms with E-state index < -0.39 is 16.0 Å². The molecular weight excluding hydrogens is 296 g/mol. The number of methoxy groups -OCH3 is 1. The smallest absolute Gasteiger partial charge is 0.352 e. The molecule has 0 fully saturated rings. The highest BCUT2D eigenvalue weighted by Crippen LogP contribution is 2.26. The quantitative estimate of drug-likeness (QED) is 0.873. The van der Waals surface area contributed by atoms with Crippen LogP contribution in [0.5, 0.6) is 5.75 Å². The summed E-state index contributed by atoms with van der Waals surface area (Å²) < 4.78 is 33.2. The molecule has 1 aromatic carbocycles. The maximum absolute atomic E-state index is 12.3. The number of sulfonamides is 1. The number of aryl methyl sites for hydroxylation is 1. The lowest BCUT2D eigenvalue weighted by atomic mass is 10.3. The van der Waals surface area contributed by atoms with E-state index in [1.807, 2.05) is 0 Å². The van der Waals surface area contributed by atoms with Gasteiger partial charge in [-0.25, -0.2) is 13.2 Å². The van der Waals surface area contributed by atoms with Crippen LogP contribution in [-0.2, 0) is 17.1 Å². The number of aromatic nitrogens is 1. The molecule has 0 atom stereocenters. The number of hydrogen-bond donors (Lipinski definition) is 2. The Kier molecular flexibility index (Phi) is 3.90. The van der Waals surface area contributed by atoms with Crippen LogP contribution < -0.4 is 9.46 Å². The van der Waals surface area contributed by atoms with E-state index in [0.717, 1.165) is 6.07 Å². The Balaban J connectivity index is 2.39. The highest BCUT2D eigenvalue weighted by atomic mass is 32.2. The first-order valence-corrected chi connectivity index (χ1v) is 7.39. The molecule has 0 amide bonds. The van der Waals surface area contributed by atoms with E-state index >= 15 is 0 Å². The number of aromatic carboxylic acids is 1. The molecular formula is C13H14N2O5S. The Morgan fingerprint density at radius 2 is 2.00 bits per heavy atom. The van der Waals surface area contributed by atoms with Crippen molar-refractivity contribution in [3.8, 4) is 5.75 Å². The van der Waals surface area contributed by atoms with E-state index in [-0.39, 0.29) is 16.3 Å². The van der Waals surface area contributed by atoms with Crippen molar-refractivity contribution in [1.82, 2.24) is 4.57 Å². The summed E-state index contributed by atoms with van der Waals surface area (Å²) in [6.45, 7) is 0. The third-order valence-corrected chi connectivity index (χ3v) is 4.19. The molecule has 2 rings (SSSR count). The number of nitrogens with one attached hydrogen (secondary N) is 1. The number of anilines is 1. The average Bonchev–Trinajstić information content (AvgIpc) is 2.82. The predicted octanol–water partition coefficient (Wildman–Crippen LogP) is 1.53. The van der Waals surface area contributed by atoms with Gasteiger partial charge in [-0.2, -0.15) is 0 Å². The summed E-state index contributed by atoms with van der Waals surface area (Å²) in [4.78, 5) is 10.8. The first-order chi connectivity index (χ1) is 9.85. The van der Waals surface area contributed by atoms with Crippen LogP contribution in [-0.4, -0.2) is 31.2 Å². The summed E-state index contributed by atoms with van der Waals surface area (Å²) in [7, 11) is -1.00. The summed E-state index contributed by atoms with van der Waals surface area (Å²) in [5, 5.41) is 8.96. The molecule has 8 heteroatoms. The Labute approximate surface area is 121 Å². The van der Waals surface area contributed by atoms with Gasteiger partial charge in [0.1, 0.15) is 16.3 Å². The van der Waals surface area contributed by atoms with Gasteiger partial charge in [-0.05, 0) is 18.2 Å². The number of hydrogen-bond acceptors (Lipinski definition) is 4. The first kappa shape index (κ1) is 14.9. The molecule has 2 N–H and O–H groups in total. The van der Waals surface area contributed by atoms with Crippen molar-refractivity contribution in [1.29, 1.82) is 0 Å². The van der Waals surface area contributed by atoms with Gasteiger partial charge in [-0.3, -0.25) is 4.72 Å². The highest BCUT2D eigenvalue weighted by Gasteiger charge is 2.21. The molecule has 0 aliphatic carbocycles. The molecule has 0 bridgehead atoms. The molecule has 0 spiro atoms. The topological polar surface area (TPSA) is 97.6 Å². The highest BCUT2D eigenvalue weighted by molar-refractivity contribution is 7.92. The number of carboxylic acids is 1. The second kappa shape index (κ2) is 5.49. The van der Waals surface area contributed by atoms with Crippen LogP contribution in [0.2, 0.25) is 0 Å².